The predicted octanol–water partition coefficient (Wildman–Crippen LogP) is 2.66. The molecule has 0 unspecified atom stereocenters. The highest BCUT2D eigenvalue weighted by Gasteiger charge is 2.19. The first-order chi connectivity index (χ1) is 7.77. The smallest absolute Gasteiger partial charge is 0.167 e. The van der Waals surface area contributed by atoms with Gasteiger partial charge in [-0.15, -0.1) is 0 Å². The summed E-state index contributed by atoms with van der Waals surface area (Å²) in [6, 6.07) is 5.97. The van der Waals surface area contributed by atoms with Crippen LogP contribution in [0.3, 0.4) is 0 Å². The van der Waals surface area contributed by atoms with Gasteiger partial charge in [0.05, 0.1) is 6.61 Å². The van der Waals surface area contributed by atoms with Gasteiger partial charge in [-0.05, 0) is 44.4 Å². The highest BCUT2D eigenvalue weighted by Crippen LogP contribution is 2.20. The highest BCUT2D eigenvalue weighted by atomic mass is 19.1. The van der Waals surface area contributed by atoms with Gasteiger partial charge in [-0.1, -0.05) is 12.1 Å². The van der Waals surface area contributed by atoms with Crippen LogP contribution in [-0.4, -0.2) is 19.2 Å². The molecule has 1 fully saturated rings. The molecule has 2 nitrogen and oxygen atoms in total. The molecule has 0 aliphatic heterocycles. The van der Waals surface area contributed by atoms with E-state index in [9.17, 15) is 4.39 Å². The Bertz CT molecular complexity index is 350. The van der Waals surface area contributed by atoms with Crippen LogP contribution in [0.15, 0.2) is 18.2 Å². The molecule has 0 aromatic heterocycles. The number of benzene rings is 1. The zero-order valence-corrected chi connectivity index (χ0v) is 9.63. The minimum Gasteiger partial charge on any atom is -0.490 e. The summed E-state index contributed by atoms with van der Waals surface area (Å²) in [7, 11) is 0. The predicted molar refractivity (Wildman–Crippen MR) is 62.3 cm³/mol. The lowest BCUT2D eigenvalue weighted by molar-refractivity contribution is 0.292. The van der Waals surface area contributed by atoms with Gasteiger partial charge in [-0.25, -0.2) is 4.39 Å². The average Bonchev–Trinajstić information content (AvgIpc) is 3.07. The Morgan fingerprint density at radius 2 is 2.25 bits per heavy atom. The topological polar surface area (TPSA) is 21.3 Å². The normalized spacial score (nSPS) is 15.1. The van der Waals surface area contributed by atoms with E-state index in [0.717, 1.165) is 19.0 Å². The number of nitrogens with one attached hydrogen (secondary N) is 1. The molecule has 1 aromatic carbocycles. The van der Waals surface area contributed by atoms with E-state index in [1.165, 1.54) is 12.8 Å². The van der Waals surface area contributed by atoms with Crippen LogP contribution in [0.25, 0.3) is 0 Å². The number of ether oxygens (including phenoxy) is 1. The van der Waals surface area contributed by atoms with Gasteiger partial charge >= 0.3 is 0 Å². The van der Waals surface area contributed by atoms with Crippen LogP contribution < -0.4 is 10.1 Å². The van der Waals surface area contributed by atoms with Crippen molar-refractivity contribution in [2.75, 3.05) is 13.2 Å². The first kappa shape index (κ1) is 11.4. The van der Waals surface area contributed by atoms with Crippen LogP contribution >= 0.6 is 0 Å². The summed E-state index contributed by atoms with van der Waals surface area (Å²) in [5.41, 5.74) is 0.633. The summed E-state index contributed by atoms with van der Waals surface area (Å²) in [6.45, 7) is 3.27. The summed E-state index contributed by atoms with van der Waals surface area (Å²) in [5, 5.41) is 3.40. The maximum Gasteiger partial charge on any atom is 0.167 e. The molecule has 0 heterocycles. The van der Waals surface area contributed by atoms with Crippen molar-refractivity contribution < 1.29 is 9.13 Å². The van der Waals surface area contributed by atoms with Crippen molar-refractivity contribution in [2.24, 2.45) is 0 Å². The molecule has 88 valence electrons. The van der Waals surface area contributed by atoms with Crippen molar-refractivity contribution in [2.45, 2.75) is 32.2 Å². The summed E-state index contributed by atoms with van der Waals surface area (Å²) >= 11 is 0. The third-order valence-electron chi connectivity index (χ3n) is 2.75. The molecule has 0 bridgehead atoms. The van der Waals surface area contributed by atoms with Crippen LogP contribution in [-0.2, 0) is 0 Å². The van der Waals surface area contributed by atoms with E-state index in [-0.39, 0.29) is 5.82 Å². The maximum atomic E-state index is 13.5. The first-order valence-corrected chi connectivity index (χ1v) is 5.88. The van der Waals surface area contributed by atoms with Gasteiger partial charge in [-0.2, -0.15) is 0 Å². The minimum atomic E-state index is -0.238. The average molecular weight is 223 g/mol. The summed E-state index contributed by atoms with van der Waals surface area (Å²) in [6.07, 6.45) is 3.52. The van der Waals surface area contributed by atoms with Gasteiger partial charge in [0.25, 0.3) is 0 Å². The van der Waals surface area contributed by atoms with E-state index >= 15 is 0 Å². The largest absolute Gasteiger partial charge is 0.490 e. The Balaban J connectivity index is 1.69. The maximum absolute atomic E-state index is 13.5. The number of hydrogen-bond donors (Lipinski definition) is 1. The fraction of sp³-hybridized carbons (Fsp3) is 0.538. The van der Waals surface area contributed by atoms with Crippen molar-refractivity contribution in [1.82, 2.24) is 5.32 Å². The van der Waals surface area contributed by atoms with Gasteiger partial charge in [0.15, 0.2) is 11.6 Å². The fourth-order valence-corrected chi connectivity index (χ4v) is 1.58. The first-order valence-electron chi connectivity index (χ1n) is 5.88. The second-order valence-corrected chi connectivity index (χ2v) is 4.32. The lowest BCUT2D eigenvalue weighted by atomic mass is 10.2. The Morgan fingerprint density at radius 1 is 1.44 bits per heavy atom. The molecule has 2 rings (SSSR count). The zero-order chi connectivity index (χ0) is 11.4. The van der Waals surface area contributed by atoms with Crippen molar-refractivity contribution in [3.63, 3.8) is 0 Å². The van der Waals surface area contributed by atoms with E-state index in [2.05, 4.69) is 5.32 Å². The second kappa shape index (κ2) is 5.30. The van der Waals surface area contributed by atoms with Crippen LogP contribution in [0.2, 0.25) is 0 Å². The standard InChI is InChI=1S/C13H18FNO/c1-10-4-2-5-12(13(10)14)16-9-3-8-15-11-6-7-11/h2,4-5,11,15H,3,6-9H2,1H3. The summed E-state index contributed by atoms with van der Waals surface area (Å²) < 4.78 is 18.9. The minimum absolute atomic E-state index is 0.238. The van der Waals surface area contributed by atoms with Gasteiger partial charge in [0.2, 0.25) is 0 Å². The van der Waals surface area contributed by atoms with E-state index in [1.54, 1.807) is 19.1 Å². The lowest BCUT2D eigenvalue weighted by Gasteiger charge is -2.08. The number of aryl methyl sites for hydroxylation is 1. The molecule has 0 saturated heterocycles. The molecule has 1 aliphatic rings. The Labute approximate surface area is 95.8 Å². The molecule has 1 saturated carbocycles. The van der Waals surface area contributed by atoms with E-state index in [1.807, 2.05) is 6.07 Å². The quantitative estimate of drug-likeness (QED) is 0.749. The molecule has 1 aromatic rings. The third-order valence-corrected chi connectivity index (χ3v) is 2.75. The van der Waals surface area contributed by atoms with Crippen molar-refractivity contribution in [1.29, 1.82) is 0 Å². The molecule has 0 spiro atoms. The van der Waals surface area contributed by atoms with Gasteiger partial charge in [0.1, 0.15) is 0 Å². The molecule has 0 atom stereocenters. The molecular formula is C13H18FNO. The van der Waals surface area contributed by atoms with Crippen LogP contribution in [0.5, 0.6) is 5.75 Å². The zero-order valence-electron chi connectivity index (χ0n) is 9.63. The fourth-order valence-electron chi connectivity index (χ4n) is 1.58. The van der Waals surface area contributed by atoms with Crippen LogP contribution in [0.1, 0.15) is 24.8 Å². The Kier molecular flexibility index (Phi) is 3.78. The van der Waals surface area contributed by atoms with Gasteiger partial charge < -0.3 is 10.1 Å². The lowest BCUT2D eigenvalue weighted by Crippen LogP contribution is -2.19. The molecule has 16 heavy (non-hydrogen) atoms. The SMILES string of the molecule is Cc1cccc(OCCCNC2CC2)c1F. The molecule has 1 N–H and O–H groups in total. The number of hydrogen-bond acceptors (Lipinski definition) is 2. The Morgan fingerprint density at radius 3 is 3.00 bits per heavy atom. The van der Waals surface area contributed by atoms with Crippen LogP contribution in [0, 0.1) is 12.7 Å². The molecule has 3 heteroatoms. The van der Waals surface area contributed by atoms with E-state index in [0.29, 0.717) is 17.9 Å². The van der Waals surface area contributed by atoms with Gasteiger partial charge in [-0.3, -0.25) is 0 Å². The Hall–Kier alpha value is -1.09. The number of halogens is 1. The van der Waals surface area contributed by atoms with Gasteiger partial charge in [0, 0.05) is 6.04 Å². The molecule has 1 aliphatic carbocycles. The molecular weight excluding hydrogens is 205 g/mol. The second-order valence-electron chi connectivity index (χ2n) is 4.32. The third kappa shape index (κ3) is 3.20. The summed E-state index contributed by atoms with van der Waals surface area (Å²) in [5.74, 6) is 0.129. The van der Waals surface area contributed by atoms with E-state index in [4.69, 9.17) is 4.74 Å². The number of rotatable bonds is 6. The van der Waals surface area contributed by atoms with Crippen molar-refractivity contribution >= 4 is 0 Å². The highest BCUT2D eigenvalue weighted by molar-refractivity contribution is 5.29. The van der Waals surface area contributed by atoms with E-state index < -0.39 is 0 Å². The van der Waals surface area contributed by atoms with Crippen molar-refractivity contribution in [3.8, 4) is 5.75 Å². The monoisotopic (exact) mass is 223 g/mol. The molecule has 0 radical (unpaired) electrons. The van der Waals surface area contributed by atoms with Crippen molar-refractivity contribution in [3.05, 3.63) is 29.6 Å². The van der Waals surface area contributed by atoms with Crippen LogP contribution in [0.4, 0.5) is 4.39 Å². The molecule has 0 amide bonds. The summed E-state index contributed by atoms with van der Waals surface area (Å²) in [4.78, 5) is 0.